The molecule has 0 radical (unpaired) electrons. The van der Waals surface area contributed by atoms with E-state index in [2.05, 4.69) is 4.72 Å². The molecule has 0 heterocycles. The highest BCUT2D eigenvalue weighted by Crippen LogP contribution is 2.16. The van der Waals surface area contributed by atoms with Crippen LogP contribution in [0, 0.1) is 13.8 Å². The normalized spacial score (nSPS) is 11.1. The van der Waals surface area contributed by atoms with E-state index in [1.54, 1.807) is 19.1 Å². The highest BCUT2D eigenvalue weighted by molar-refractivity contribution is 7.89. The maximum Gasteiger partial charge on any atom is 0.321 e. The minimum absolute atomic E-state index is 0.00453. The molecule has 2 aromatic carbocycles. The van der Waals surface area contributed by atoms with Gasteiger partial charge in [0.1, 0.15) is 12.3 Å². The van der Waals surface area contributed by atoms with Crippen LogP contribution in [-0.2, 0) is 19.6 Å². The average molecular weight is 405 g/mol. The van der Waals surface area contributed by atoms with Crippen LogP contribution in [0.2, 0.25) is 0 Å². The molecule has 0 aliphatic heterocycles. The van der Waals surface area contributed by atoms with E-state index >= 15 is 0 Å². The maximum absolute atomic E-state index is 12.2. The van der Waals surface area contributed by atoms with E-state index in [1.165, 1.54) is 24.3 Å². The van der Waals surface area contributed by atoms with Crippen molar-refractivity contribution in [3.8, 4) is 5.75 Å². The topological polar surface area (TPSA) is 98.8 Å². The number of esters is 1. The maximum atomic E-state index is 12.2. The molecule has 0 atom stereocenters. The number of rotatable bonds is 9. The van der Waals surface area contributed by atoms with Gasteiger partial charge in [0.05, 0.1) is 11.5 Å². The molecule has 0 aliphatic carbocycles. The van der Waals surface area contributed by atoms with Gasteiger partial charge >= 0.3 is 5.97 Å². The lowest BCUT2D eigenvalue weighted by atomic mass is 10.0. The first-order valence-corrected chi connectivity index (χ1v) is 10.2. The molecule has 0 fully saturated rings. The predicted molar refractivity (Wildman–Crippen MR) is 104 cm³/mol. The fraction of sp³-hybridized carbons (Fsp3) is 0.300. The highest BCUT2D eigenvalue weighted by atomic mass is 32.2. The van der Waals surface area contributed by atoms with Crippen LogP contribution < -0.4 is 9.46 Å². The fourth-order valence-corrected chi connectivity index (χ4v) is 3.49. The van der Waals surface area contributed by atoms with E-state index < -0.39 is 29.1 Å². The summed E-state index contributed by atoms with van der Waals surface area (Å²) in [4.78, 5) is 24.0. The minimum Gasteiger partial charge on any atom is -0.494 e. The molecule has 150 valence electrons. The average Bonchev–Trinajstić information content (AvgIpc) is 2.65. The number of nitrogens with one attached hydrogen (secondary N) is 1. The van der Waals surface area contributed by atoms with Crippen LogP contribution in [0.4, 0.5) is 0 Å². The van der Waals surface area contributed by atoms with Gasteiger partial charge in [0.2, 0.25) is 15.8 Å². The summed E-state index contributed by atoms with van der Waals surface area (Å²) in [5.74, 6) is -0.640. The molecule has 0 spiro atoms. The Morgan fingerprint density at radius 3 is 2.32 bits per heavy atom. The standard InChI is InChI=1S/C20H23NO6S/c1-4-26-16-6-8-17(9-7-16)28(24,25)21-12-20(23)27-13-19(22)18-10-5-14(2)11-15(18)3/h5-11,21H,4,12-13H2,1-3H3. The lowest BCUT2D eigenvalue weighted by Gasteiger charge is -2.09. The van der Waals surface area contributed by atoms with Crippen LogP contribution in [0.15, 0.2) is 47.4 Å². The Bertz CT molecular complexity index is 951. The molecule has 0 bridgehead atoms. The van der Waals surface area contributed by atoms with Crippen molar-refractivity contribution in [3.63, 3.8) is 0 Å². The Balaban J connectivity index is 1.88. The van der Waals surface area contributed by atoms with Crippen molar-refractivity contribution in [1.82, 2.24) is 4.72 Å². The van der Waals surface area contributed by atoms with Gasteiger partial charge in [0.15, 0.2) is 6.61 Å². The van der Waals surface area contributed by atoms with E-state index in [0.717, 1.165) is 11.1 Å². The summed E-state index contributed by atoms with van der Waals surface area (Å²) in [5.41, 5.74) is 2.28. The molecule has 0 aliphatic rings. The van der Waals surface area contributed by atoms with E-state index in [-0.39, 0.29) is 10.7 Å². The van der Waals surface area contributed by atoms with E-state index in [1.807, 2.05) is 19.9 Å². The molecule has 2 aromatic rings. The summed E-state index contributed by atoms with van der Waals surface area (Å²) in [6.45, 7) is 4.98. The zero-order valence-electron chi connectivity index (χ0n) is 16.0. The molecule has 0 aromatic heterocycles. The third-order valence-electron chi connectivity index (χ3n) is 3.90. The molecule has 0 saturated heterocycles. The second-order valence-corrected chi connectivity index (χ2v) is 7.90. The summed E-state index contributed by atoms with van der Waals surface area (Å²) >= 11 is 0. The third kappa shape index (κ3) is 5.90. The fourth-order valence-electron chi connectivity index (χ4n) is 2.52. The Morgan fingerprint density at radius 2 is 1.71 bits per heavy atom. The zero-order chi connectivity index (χ0) is 20.7. The molecular formula is C20H23NO6S. The van der Waals surface area contributed by atoms with Crippen LogP contribution in [0.25, 0.3) is 0 Å². The van der Waals surface area contributed by atoms with Gasteiger partial charge in [-0.3, -0.25) is 9.59 Å². The Morgan fingerprint density at radius 1 is 1.04 bits per heavy atom. The van der Waals surface area contributed by atoms with Crippen molar-refractivity contribution in [1.29, 1.82) is 0 Å². The molecule has 0 amide bonds. The van der Waals surface area contributed by atoms with Gasteiger partial charge in [-0.25, -0.2) is 8.42 Å². The Labute approximate surface area is 164 Å². The number of carbonyl (C=O) groups excluding carboxylic acids is 2. The number of sulfonamides is 1. The molecule has 28 heavy (non-hydrogen) atoms. The number of hydrogen-bond acceptors (Lipinski definition) is 6. The van der Waals surface area contributed by atoms with Crippen molar-refractivity contribution in [3.05, 3.63) is 59.2 Å². The van der Waals surface area contributed by atoms with Crippen LogP contribution in [0.1, 0.15) is 28.4 Å². The monoisotopic (exact) mass is 405 g/mol. The number of hydrogen-bond donors (Lipinski definition) is 1. The second-order valence-electron chi connectivity index (χ2n) is 6.13. The summed E-state index contributed by atoms with van der Waals surface area (Å²) < 4.78 is 36.7. The van der Waals surface area contributed by atoms with Gasteiger partial charge in [-0.1, -0.05) is 23.8 Å². The summed E-state index contributed by atoms with van der Waals surface area (Å²) in [5, 5.41) is 0. The van der Waals surface area contributed by atoms with Crippen LogP contribution in [0.5, 0.6) is 5.75 Å². The predicted octanol–water partition coefficient (Wildman–Crippen LogP) is 2.41. The molecule has 0 unspecified atom stereocenters. The second kappa shape index (κ2) is 9.48. The molecule has 8 heteroatoms. The summed E-state index contributed by atoms with van der Waals surface area (Å²) in [6, 6.07) is 11.1. The quantitative estimate of drug-likeness (QED) is 0.508. The Hall–Kier alpha value is -2.71. The number of ketones is 1. The number of aryl methyl sites for hydroxylation is 2. The lowest BCUT2D eigenvalue weighted by Crippen LogP contribution is -2.31. The highest BCUT2D eigenvalue weighted by Gasteiger charge is 2.17. The third-order valence-corrected chi connectivity index (χ3v) is 5.32. The van der Waals surface area contributed by atoms with Crippen LogP contribution >= 0.6 is 0 Å². The zero-order valence-corrected chi connectivity index (χ0v) is 16.8. The van der Waals surface area contributed by atoms with Crippen LogP contribution in [0.3, 0.4) is 0 Å². The van der Waals surface area contributed by atoms with Crippen LogP contribution in [-0.4, -0.2) is 39.9 Å². The first-order chi connectivity index (χ1) is 13.2. The molecule has 1 N–H and O–H groups in total. The summed E-state index contributed by atoms with van der Waals surface area (Å²) in [6.07, 6.45) is 0. The van der Waals surface area contributed by atoms with Gasteiger partial charge in [0.25, 0.3) is 0 Å². The van der Waals surface area contributed by atoms with Crippen molar-refractivity contribution >= 4 is 21.8 Å². The van der Waals surface area contributed by atoms with Crippen molar-refractivity contribution < 1.29 is 27.5 Å². The van der Waals surface area contributed by atoms with Gasteiger partial charge in [-0.2, -0.15) is 4.72 Å². The van der Waals surface area contributed by atoms with Crippen molar-refractivity contribution in [2.24, 2.45) is 0 Å². The number of Topliss-reactive ketones (excluding diaryl/α,β-unsaturated/α-hetero) is 1. The number of ether oxygens (including phenoxy) is 2. The lowest BCUT2D eigenvalue weighted by molar-refractivity contribution is -0.141. The number of benzene rings is 2. The van der Waals surface area contributed by atoms with Gasteiger partial charge in [0, 0.05) is 5.56 Å². The molecular weight excluding hydrogens is 382 g/mol. The molecule has 0 saturated carbocycles. The Kier molecular flexibility index (Phi) is 7.31. The van der Waals surface area contributed by atoms with Gasteiger partial charge in [-0.15, -0.1) is 0 Å². The summed E-state index contributed by atoms with van der Waals surface area (Å²) in [7, 11) is -3.88. The van der Waals surface area contributed by atoms with Crippen molar-refractivity contribution in [2.45, 2.75) is 25.7 Å². The smallest absolute Gasteiger partial charge is 0.321 e. The molecule has 2 rings (SSSR count). The SMILES string of the molecule is CCOc1ccc(S(=O)(=O)NCC(=O)OCC(=O)c2ccc(C)cc2C)cc1. The van der Waals surface area contributed by atoms with Gasteiger partial charge in [-0.05, 0) is 50.6 Å². The largest absolute Gasteiger partial charge is 0.494 e. The van der Waals surface area contributed by atoms with Gasteiger partial charge < -0.3 is 9.47 Å². The molecule has 7 nitrogen and oxygen atoms in total. The van der Waals surface area contributed by atoms with E-state index in [4.69, 9.17) is 9.47 Å². The van der Waals surface area contributed by atoms with Crippen molar-refractivity contribution in [2.75, 3.05) is 19.8 Å². The van der Waals surface area contributed by atoms with E-state index in [9.17, 15) is 18.0 Å². The minimum atomic E-state index is -3.88. The van der Waals surface area contributed by atoms with E-state index in [0.29, 0.717) is 17.9 Å². The number of carbonyl (C=O) groups is 2. The first-order valence-electron chi connectivity index (χ1n) is 8.71. The first kappa shape index (κ1) is 21.6.